The first-order valence-electron chi connectivity index (χ1n) is 6.35. The molecule has 0 saturated carbocycles. The maximum Gasteiger partial charge on any atom is 0.0762 e. The number of hydrogen-bond acceptors (Lipinski definition) is 3. The summed E-state index contributed by atoms with van der Waals surface area (Å²) in [7, 11) is 0. The second-order valence-corrected chi connectivity index (χ2v) is 5.90. The quantitative estimate of drug-likeness (QED) is 0.910. The molecule has 0 radical (unpaired) electrons. The normalized spacial score (nSPS) is 26.2. The molecule has 1 aliphatic rings. The van der Waals surface area contributed by atoms with Crippen LogP contribution in [-0.4, -0.2) is 30.4 Å². The van der Waals surface area contributed by atoms with Gasteiger partial charge in [0.05, 0.1) is 24.0 Å². The molecule has 100 valence electrons. The van der Waals surface area contributed by atoms with Crippen molar-refractivity contribution in [2.45, 2.75) is 39.1 Å². The molecule has 0 bridgehead atoms. The largest absolute Gasteiger partial charge is 0.389 e. The van der Waals surface area contributed by atoms with Gasteiger partial charge in [0.15, 0.2) is 0 Å². The molecule has 1 aromatic rings. The van der Waals surface area contributed by atoms with E-state index in [1.54, 1.807) is 6.92 Å². The first-order chi connectivity index (χ1) is 8.47. The number of anilines is 1. The van der Waals surface area contributed by atoms with Gasteiger partial charge in [-0.15, -0.1) is 0 Å². The van der Waals surface area contributed by atoms with E-state index in [4.69, 9.17) is 4.74 Å². The molecule has 1 aromatic carbocycles. The van der Waals surface area contributed by atoms with Crippen molar-refractivity contribution < 1.29 is 9.84 Å². The molecule has 3 atom stereocenters. The summed E-state index contributed by atoms with van der Waals surface area (Å²) in [6.45, 7) is 7.77. The second kappa shape index (κ2) is 5.59. The summed E-state index contributed by atoms with van der Waals surface area (Å²) in [5.74, 6) is 0. The predicted molar refractivity (Wildman–Crippen MR) is 77.0 cm³/mol. The smallest absolute Gasteiger partial charge is 0.0762 e. The average Bonchev–Trinajstić information content (AvgIpc) is 2.27. The third kappa shape index (κ3) is 3.05. The van der Waals surface area contributed by atoms with Crippen LogP contribution in [0.4, 0.5) is 5.69 Å². The van der Waals surface area contributed by atoms with E-state index in [9.17, 15) is 5.11 Å². The van der Waals surface area contributed by atoms with Crippen LogP contribution in [0.2, 0.25) is 0 Å². The van der Waals surface area contributed by atoms with Gasteiger partial charge in [-0.05, 0) is 54.4 Å². The summed E-state index contributed by atoms with van der Waals surface area (Å²) in [5.41, 5.74) is 2.10. The Morgan fingerprint density at radius 3 is 2.44 bits per heavy atom. The van der Waals surface area contributed by atoms with E-state index in [0.717, 1.165) is 23.1 Å². The molecule has 1 N–H and O–H groups in total. The van der Waals surface area contributed by atoms with Crippen LogP contribution in [0.25, 0.3) is 0 Å². The van der Waals surface area contributed by atoms with Gasteiger partial charge >= 0.3 is 0 Å². The standard InChI is InChI=1S/C14H20BrNO2/c1-9-7-16(8-10(2)18-9)14-5-4-12(11(3)17)6-13(14)15/h4-6,9-11,17H,7-8H2,1-3H3/t9-,10+,11-/m0/s1. The highest BCUT2D eigenvalue weighted by Crippen LogP contribution is 2.31. The molecule has 1 saturated heterocycles. The highest BCUT2D eigenvalue weighted by atomic mass is 79.9. The summed E-state index contributed by atoms with van der Waals surface area (Å²) in [6.07, 6.45) is 0.0621. The minimum absolute atomic E-state index is 0.247. The number of hydrogen-bond donors (Lipinski definition) is 1. The Labute approximate surface area is 117 Å². The Bertz CT molecular complexity index is 412. The van der Waals surface area contributed by atoms with Crippen molar-refractivity contribution in [2.24, 2.45) is 0 Å². The average molecular weight is 314 g/mol. The first-order valence-corrected chi connectivity index (χ1v) is 7.14. The van der Waals surface area contributed by atoms with Gasteiger partial charge in [-0.1, -0.05) is 6.07 Å². The van der Waals surface area contributed by atoms with E-state index in [1.165, 1.54) is 5.69 Å². The molecule has 4 heteroatoms. The van der Waals surface area contributed by atoms with Crippen molar-refractivity contribution in [3.8, 4) is 0 Å². The summed E-state index contributed by atoms with van der Waals surface area (Å²) in [5, 5.41) is 9.58. The lowest BCUT2D eigenvalue weighted by Crippen LogP contribution is -2.45. The Hall–Kier alpha value is -0.580. The van der Waals surface area contributed by atoms with Crippen molar-refractivity contribution >= 4 is 21.6 Å². The van der Waals surface area contributed by atoms with Crippen LogP contribution in [-0.2, 0) is 4.74 Å². The molecular formula is C14H20BrNO2. The minimum Gasteiger partial charge on any atom is -0.389 e. The molecule has 3 nitrogen and oxygen atoms in total. The summed E-state index contributed by atoms with van der Waals surface area (Å²) >= 11 is 3.60. The van der Waals surface area contributed by atoms with E-state index < -0.39 is 6.10 Å². The van der Waals surface area contributed by atoms with Gasteiger partial charge in [0.1, 0.15) is 0 Å². The molecule has 1 aliphatic heterocycles. The molecular weight excluding hydrogens is 294 g/mol. The number of aliphatic hydroxyl groups excluding tert-OH is 1. The van der Waals surface area contributed by atoms with Crippen LogP contribution in [0.5, 0.6) is 0 Å². The topological polar surface area (TPSA) is 32.7 Å². The van der Waals surface area contributed by atoms with Crippen LogP contribution in [0.3, 0.4) is 0 Å². The van der Waals surface area contributed by atoms with Crippen molar-refractivity contribution in [1.82, 2.24) is 0 Å². The maximum atomic E-state index is 9.58. The van der Waals surface area contributed by atoms with Crippen LogP contribution in [0.1, 0.15) is 32.4 Å². The van der Waals surface area contributed by atoms with Crippen LogP contribution < -0.4 is 4.90 Å². The molecule has 0 amide bonds. The molecule has 0 aliphatic carbocycles. The SMILES string of the molecule is C[C@@H]1CN(c2ccc([C@H](C)O)cc2Br)C[C@H](C)O1. The zero-order valence-corrected chi connectivity index (χ0v) is 12.6. The summed E-state index contributed by atoms with van der Waals surface area (Å²) in [4.78, 5) is 2.33. The van der Waals surface area contributed by atoms with Gasteiger partial charge in [0.2, 0.25) is 0 Å². The van der Waals surface area contributed by atoms with Crippen molar-refractivity contribution in [3.63, 3.8) is 0 Å². The second-order valence-electron chi connectivity index (χ2n) is 5.05. The van der Waals surface area contributed by atoms with Crippen molar-refractivity contribution in [2.75, 3.05) is 18.0 Å². The summed E-state index contributed by atoms with van der Waals surface area (Å²) in [6, 6.07) is 6.04. The van der Waals surface area contributed by atoms with Crippen LogP contribution >= 0.6 is 15.9 Å². The fourth-order valence-electron chi connectivity index (χ4n) is 2.41. The minimum atomic E-state index is -0.433. The highest BCUT2D eigenvalue weighted by Gasteiger charge is 2.23. The van der Waals surface area contributed by atoms with Crippen LogP contribution in [0.15, 0.2) is 22.7 Å². The highest BCUT2D eigenvalue weighted by molar-refractivity contribution is 9.10. The number of nitrogens with zero attached hydrogens (tertiary/aromatic N) is 1. The van der Waals surface area contributed by atoms with Crippen molar-refractivity contribution in [3.05, 3.63) is 28.2 Å². The Kier molecular flexibility index (Phi) is 4.30. The van der Waals surface area contributed by atoms with Crippen molar-refractivity contribution in [1.29, 1.82) is 0 Å². The lowest BCUT2D eigenvalue weighted by molar-refractivity contribution is -0.00526. The lowest BCUT2D eigenvalue weighted by Gasteiger charge is -2.37. The predicted octanol–water partition coefficient (Wildman–Crippen LogP) is 3.12. The van der Waals surface area contributed by atoms with Gasteiger partial charge in [-0.3, -0.25) is 0 Å². The molecule has 0 spiro atoms. The Morgan fingerprint density at radius 2 is 1.94 bits per heavy atom. The third-order valence-electron chi connectivity index (χ3n) is 3.21. The van der Waals surface area contributed by atoms with Gasteiger partial charge in [-0.2, -0.15) is 0 Å². The Balaban J connectivity index is 2.22. The van der Waals surface area contributed by atoms with Gasteiger partial charge in [-0.25, -0.2) is 0 Å². The van der Waals surface area contributed by atoms with E-state index in [0.29, 0.717) is 0 Å². The number of ether oxygens (including phenoxy) is 1. The zero-order chi connectivity index (χ0) is 13.3. The molecule has 1 heterocycles. The van der Waals surface area contributed by atoms with E-state index in [1.807, 2.05) is 12.1 Å². The van der Waals surface area contributed by atoms with Crippen LogP contribution in [0, 0.1) is 0 Å². The Morgan fingerprint density at radius 1 is 1.33 bits per heavy atom. The number of rotatable bonds is 2. The zero-order valence-electron chi connectivity index (χ0n) is 11.1. The van der Waals surface area contributed by atoms with E-state index in [2.05, 4.69) is 40.7 Å². The molecule has 18 heavy (non-hydrogen) atoms. The lowest BCUT2D eigenvalue weighted by atomic mass is 10.1. The fourth-order valence-corrected chi connectivity index (χ4v) is 3.06. The van der Waals surface area contributed by atoms with Gasteiger partial charge in [0, 0.05) is 17.6 Å². The maximum absolute atomic E-state index is 9.58. The molecule has 0 aromatic heterocycles. The monoisotopic (exact) mass is 313 g/mol. The fraction of sp³-hybridized carbons (Fsp3) is 0.571. The number of halogens is 1. The first kappa shape index (κ1) is 13.8. The summed E-state index contributed by atoms with van der Waals surface area (Å²) < 4.78 is 6.77. The molecule has 2 rings (SSSR count). The third-order valence-corrected chi connectivity index (χ3v) is 3.85. The van der Waals surface area contributed by atoms with E-state index >= 15 is 0 Å². The number of morpholine rings is 1. The van der Waals surface area contributed by atoms with Gasteiger partial charge in [0.25, 0.3) is 0 Å². The van der Waals surface area contributed by atoms with E-state index in [-0.39, 0.29) is 12.2 Å². The molecule has 1 fully saturated rings. The number of aliphatic hydroxyl groups is 1. The number of benzene rings is 1. The van der Waals surface area contributed by atoms with Gasteiger partial charge < -0.3 is 14.7 Å². The molecule has 0 unspecified atom stereocenters.